The molecule has 2 atom stereocenters. The van der Waals surface area contributed by atoms with E-state index in [0.717, 1.165) is 44.9 Å². The molecule has 0 aromatic heterocycles. The molecule has 0 aliphatic carbocycles. The van der Waals surface area contributed by atoms with Crippen LogP contribution in [0.1, 0.15) is 162 Å². The molecule has 1 rings (SSSR count). The van der Waals surface area contributed by atoms with Gasteiger partial charge in [-0.15, -0.1) is 0 Å². The van der Waals surface area contributed by atoms with Crippen LogP contribution in [0, 0.1) is 0 Å². The molecule has 0 radical (unpaired) electrons. The van der Waals surface area contributed by atoms with Crippen molar-refractivity contribution >= 4 is 11.9 Å². The number of carbonyl (C=O) groups excluding carboxylic acids is 2. The molecular formula is C31H59NO4. The van der Waals surface area contributed by atoms with E-state index in [1.807, 2.05) is 0 Å². The van der Waals surface area contributed by atoms with E-state index >= 15 is 0 Å². The summed E-state index contributed by atoms with van der Waals surface area (Å²) in [6.07, 6.45) is 25.2. The Kier molecular flexibility index (Phi) is 21.1. The van der Waals surface area contributed by atoms with E-state index in [0.29, 0.717) is 13.0 Å². The van der Waals surface area contributed by atoms with E-state index in [4.69, 9.17) is 4.74 Å². The van der Waals surface area contributed by atoms with Crippen LogP contribution >= 0.6 is 0 Å². The third kappa shape index (κ3) is 16.6. The standard InChI is InChI=1S/C31H59NO4/c1-3-5-7-9-11-13-15-17-19-23-29(26-30(34)32-25-21-22-28(32)27-33)36-31(35)24-20-18-16-14-12-10-8-6-4-2/h28-29,33H,3-27H2,1-2H3. The number of carbonyl (C=O) groups is 2. The monoisotopic (exact) mass is 509 g/mol. The smallest absolute Gasteiger partial charge is 0.306 e. The molecule has 1 heterocycles. The summed E-state index contributed by atoms with van der Waals surface area (Å²) < 4.78 is 5.84. The lowest BCUT2D eigenvalue weighted by Gasteiger charge is -2.26. The number of nitrogens with zero attached hydrogens (tertiary/aromatic N) is 1. The highest BCUT2D eigenvalue weighted by molar-refractivity contribution is 5.78. The molecule has 1 aliphatic rings. The number of likely N-dealkylation sites (tertiary alicyclic amines) is 1. The van der Waals surface area contributed by atoms with Crippen LogP contribution in [-0.2, 0) is 14.3 Å². The number of rotatable bonds is 24. The van der Waals surface area contributed by atoms with Crippen LogP contribution in [0.3, 0.4) is 0 Å². The molecule has 2 unspecified atom stereocenters. The summed E-state index contributed by atoms with van der Waals surface area (Å²) in [7, 11) is 0. The minimum atomic E-state index is -0.326. The third-order valence-electron chi connectivity index (χ3n) is 7.72. The Labute approximate surface area is 223 Å². The average Bonchev–Trinajstić information content (AvgIpc) is 3.36. The van der Waals surface area contributed by atoms with Gasteiger partial charge in [0.05, 0.1) is 19.1 Å². The van der Waals surface area contributed by atoms with Crippen LogP contribution in [0.5, 0.6) is 0 Å². The fourth-order valence-electron chi connectivity index (χ4n) is 5.38. The summed E-state index contributed by atoms with van der Waals surface area (Å²) in [6.45, 7) is 5.22. The van der Waals surface area contributed by atoms with Gasteiger partial charge in [-0.2, -0.15) is 0 Å². The Hall–Kier alpha value is -1.10. The normalized spacial score (nSPS) is 16.4. The molecule has 0 bridgehead atoms. The van der Waals surface area contributed by atoms with Crippen molar-refractivity contribution in [3.63, 3.8) is 0 Å². The van der Waals surface area contributed by atoms with Crippen molar-refractivity contribution in [3.05, 3.63) is 0 Å². The van der Waals surface area contributed by atoms with Crippen molar-refractivity contribution in [2.24, 2.45) is 0 Å². The number of hydrogen-bond donors (Lipinski definition) is 1. The van der Waals surface area contributed by atoms with Gasteiger partial charge in [0.2, 0.25) is 5.91 Å². The van der Waals surface area contributed by atoms with Crippen molar-refractivity contribution in [3.8, 4) is 0 Å². The molecule has 5 nitrogen and oxygen atoms in total. The van der Waals surface area contributed by atoms with Gasteiger partial charge in [0.15, 0.2) is 0 Å². The summed E-state index contributed by atoms with van der Waals surface area (Å²) in [5.74, 6) is -0.116. The molecule has 1 fully saturated rings. The van der Waals surface area contributed by atoms with Crippen LogP contribution in [-0.4, -0.2) is 47.2 Å². The Bertz CT molecular complexity index is 539. The maximum atomic E-state index is 12.9. The van der Waals surface area contributed by atoms with Gasteiger partial charge < -0.3 is 14.7 Å². The predicted molar refractivity (Wildman–Crippen MR) is 150 cm³/mol. The zero-order valence-corrected chi connectivity index (χ0v) is 24.0. The number of unbranched alkanes of at least 4 members (excludes halogenated alkanes) is 16. The number of aliphatic hydroxyl groups is 1. The molecule has 1 N–H and O–H groups in total. The van der Waals surface area contributed by atoms with E-state index < -0.39 is 0 Å². The summed E-state index contributed by atoms with van der Waals surface area (Å²) in [5, 5.41) is 9.59. The van der Waals surface area contributed by atoms with Crippen LogP contribution in [0.2, 0.25) is 0 Å². The van der Waals surface area contributed by atoms with Crippen molar-refractivity contribution in [2.75, 3.05) is 13.2 Å². The molecule has 36 heavy (non-hydrogen) atoms. The van der Waals surface area contributed by atoms with Gasteiger partial charge in [0.1, 0.15) is 6.10 Å². The fourth-order valence-corrected chi connectivity index (χ4v) is 5.38. The maximum Gasteiger partial charge on any atom is 0.306 e. The Balaban J connectivity index is 2.33. The van der Waals surface area contributed by atoms with Crippen molar-refractivity contribution < 1.29 is 19.4 Å². The second-order valence-electron chi connectivity index (χ2n) is 11.1. The molecule has 0 saturated carbocycles. The van der Waals surface area contributed by atoms with Gasteiger partial charge in [-0.25, -0.2) is 0 Å². The van der Waals surface area contributed by atoms with E-state index in [9.17, 15) is 14.7 Å². The van der Waals surface area contributed by atoms with Crippen LogP contribution < -0.4 is 0 Å². The molecule has 1 aliphatic heterocycles. The number of esters is 1. The quantitative estimate of drug-likeness (QED) is 0.105. The minimum absolute atomic E-state index is 0.0209. The second kappa shape index (κ2) is 23.0. The molecule has 1 amide bonds. The highest BCUT2D eigenvalue weighted by Crippen LogP contribution is 2.21. The first kappa shape index (κ1) is 32.9. The summed E-state index contributed by atoms with van der Waals surface area (Å²) in [5.41, 5.74) is 0. The lowest BCUT2D eigenvalue weighted by molar-refractivity contribution is -0.152. The summed E-state index contributed by atoms with van der Waals surface area (Å²) in [4.78, 5) is 27.3. The third-order valence-corrected chi connectivity index (χ3v) is 7.72. The second-order valence-corrected chi connectivity index (χ2v) is 11.1. The van der Waals surface area contributed by atoms with Gasteiger partial charge in [-0.1, -0.05) is 117 Å². The van der Waals surface area contributed by atoms with Gasteiger partial charge in [-0.3, -0.25) is 9.59 Å². The highest BCUT2D eigenvalue weighted by atomic mass is 16.5. The zero-order valence-electron chi connectivity index (χ0n) is 24.0. The Morgan fingerprint density at radius 1 is 0.778 bits per heavy atom. The Morgan fingerprint density at radius 3 is 1.81 bits per heavy atom. The molecule has 212 valence electrons. The molecule has 0 aromatic rings. The SMILES string of the molecule is CCCCCCCCCCCC(=O)OC(CCCCCCCCCCC)CC(=O)N1CCCC1CO. The molecule has 5 heteroatoms. The number of ether oxygens (including phenoxy) is 1. The first-order valence-corrected chi connectivity index (χ1v) is 15.7. The van der Waals surface area contributed by atoms with E-state index in [1.54, 1.807) is 4.90 Å². The van der Waals surface area contributed by atoms with Crippen LogP contribution in [0.15, 0.2) is 0 Å². The predicted octanol–water partition coefficient (Wildman–Crippen LogP) is 8.11. The first-order chi connectivity index (χ1) is 17.6. The Morgan fingerprint density at radius 2 is 1.28 bits per heavy atom. The fraction of sp³-hybridized carbons (Fsp3) is 0.935. The molecule has 0 spiro atoms. The lowest BCUT2D eigenvalue weighted by atomic mass is 10.0. The summed E-state index contributed by atoms with van der Waals surface area (Å²) >= 11 is 0. The van der Waals surface area contributed by atoms with Crippen LogP contribution in [0.25, 0.3) is 0 Å². The van der Waals surface area contributed by atoms with Crippen molar-refractivity contribution in [2.45, 2.75) is 174 Å². The average molecular weight is 510 g/mol. The van der Waals surface area contributed by atoms with Gasteiger partial charge >= 0.3 is 5.97 Å². The molecule has 1 saturated heterocycles. The molecule has 0 aromatic carbocycles. The van der Waals surface area contributed by atoms with Crippen LogP contribution in [0.4, 0.5) is 0 Å². The molecular weight excluding hydrogens is 450 g/mol. The van der Waals surface area contributed by atoms with Gasteiger partial charge in [0, 0.05) is 13.0 Å². The lowest BCUT2D eigenvalue weighted by Crippen LogP contribution is -2.39. The largest absolute Gasteiger partial charge is 0.462 e. The van der Waals surface area contributed by atoms with E-state index in [-0.39, 0.29) is 37.0 Å². The zero-order chi connectivity index (χ0) is 26.3. The maximum absolute atomic E-state index is 12.9. The summed E-state index contributed by atoms with van der Waals surface area (Å²) in [6, 6.07) is -0.0662. The highest BCUT2D eigenvalue weighted by Gasteiger charge is 2.30. The topological polar surface area (TPSA) is 66.8 Å². The number of aliphatic hydroxyl groups excluding tert-OH is 1. The number of amides is 1. The first-order valence-electron chi connectivity index (χ1n) is 15.7. The van der Waals surface area contributed by atoms with Crippen molar-refractivity contribution in [1.29, 1.82) is 0 Å². The minimum Gasteiger partial charge on any atom is -0.462 e. The van der Waals surface area contributed by atoms with Gasteiger partial charge in [0.25, 0.3) is 0 Å². The van der Waals surface area contributed by atoms with Gasteiger partial charge in [-0.05, 0) is 32.1 Å². The number of hydrogen-bond acceptors (Lipinski definition) is 4. The van der Waals surface area contributed by atoms with E-state index in [1.165, 1.54) is 89.9 Å². The van der Waals surface area contributed by atoms with E-state index in [2.05, 4.69) is 13.8 Å². The van der Waals surface area contributed by atoms with Crippen molar-refractivity contribution in [1.82, 2.24) is 4.90 Å².